The molecule has 0 spiro atoms. The first-order valence-electron chi connectivity index (χ1n) is 5.94. The number of anilines is 1. The highest BCUT2D eigenvalue weighted by Crippen LogP contribution is 2.16. The second-order valence-corrected chi connectivity index (χ2v) is 4.06. The van der Waals surface area contributed by atoms with E-state index < -0.39 is 17.6 Å². The standard InChI is InChI=1S/C13H13F2N3O2/c1-2-20-13(19)11-12(16)18(7-17-11)6-8-5-9(14)3-4-10(8)15/h3-5,7H,2,6,16H2,1H3. The molecule has 0 radical (unpaired) electrons. The molecule has 0 aliphatic carbocycles. The molecule has 5 nitrogen and oxygen atoms in total. The smallest absolute Gasteiger partial charge is 0.360 e. The van der Waals surface area contributed by atoms with Crippen LogP contribution in [0.25, 0.3) is 0 Å². The summed E-state index contributed by atoms with van der Waals surface area (Å²) < 4.78 is 32.8. The summed E-state index contributed by atoms with van der Waals surface area (Å²) in [5, 5.41) is 0. The first-order valence-corrected chi connectivity index (χ1v) is 5.94. The summed E-state index contributed by atoms with van der Waals surface area (Å²) in [6, 6.07) is 3.13. The van der Waals surface area contributed by atoms with Crippen molar-refractivity contribution >= 4 is 11.8 Å². The zero-order chi connectivity index (χ0) is 14.7. The molecule has 0 saturated heterocycles. The molecule has 0 unspecified atom stereocenters. The normalized spacial score (nSPS) is 10.6. The largest absolute Gasteiger partial charge is 0.461 e. The Kier molecular flexibility index (Phi) is 3.97. The zero-order valence-corrected chi connectivity index (χ0v) is 10.8. The average Bonchev–Trinajstić information content (AvgIpc) is 2.76. The fourth-order valence-corrected chi connectivity index (χ4v) is 1.72. The second-order valence-electron chi connectivity index (χ2n) is 4.06. The van der Waals surface area contributed by atoms with Crippen molar-refractivity contribution in [1.29, 1.82) is 0 Å². The SMILES string of the molecule is CCOC(=O)c1ncn(Cc2cc(F)ccc2F)c1N. The number of carbonyl (C=O) groups is 1. The fourth-order valence-electron chi connectivity index (χ4n) is 1.72. The molecule has 1 aromatic carbocycles. The van der Waals surface area contributed by atoms with Gasteiger partial charge in [-0.1, -0.05) is 0 Å². The predicted molar refractivity (Wildman–Crippen MR) is 68.1 cm³/mol. The molecule has 0 amide bonds. The van der Waals surface area contributed by atoms with Gasteiger partial charge in [0.1, 0.15) is 17.5 Å². The maximum Gasteiger partial charge on any atom is 0.360 e. The van der Waals surface area contributed by atoms with Crippen LogP contribution in [0.3, 0.4) is 0 Å². The van der Waals surface area contributed by atoms with E-state index in [1.807, 2.05) is 0 Å². The molecule has 7 heteroatoms. The average molecular weight is 281 g/mol. The number of nitrogens with two attached hydrogens (primary N) is 1. The Balaban J connectivity index is 2.26. The van der Waals surface area contributed by atoms with E-state index in [9.17, 15) is 13.6 Å². The van der Waals surface area contributed by atoms with Crippen LogP contribution in [0.4, 0.5) is 14.6 Å². The molecule has 0 aliphatic rings. The van der Waals surface area contributed by atoms with E-state index in [-0.39, 0.29) is 30.2 Å². The first kappa shape index (κ1) is 14.0. The third-order valence-corrected chi connectivity index (χ3v) is 2.70. The molecular weight excluding hydrogens is 268 g/mol. The topological polar surface area (TPSA) is 70.1 Å². The molecule has 106 valence electrons. The lowest BCUT2D eigenvalue weighted by atomic mass is 10.2. The number of halogens is 2. The molecule has 2 aromatic rings. The van der Waals surface area contributed by atoms with Gasteiger partial charge in [-0.15, -0.1) is 0 Å². The zero-order valence-electron chi connectivity index (χ0n) is 10.8. The van der Waals surface area contributed by atoms with E-state index in [0.29, 0.717) is 0 Å². The first-order chi connectivity index (χ1) is 9.52. The summed E-state index contributed by atoms with van der Waals surface area (Å²) in [6.45, 7) is 1.83. The Labute approximate surface area is 114 Å². The van der Waals surface area contributed by atoms with E-state index in [1.54, 1.807) is 6.92 Å². The molecule has 1 aromatic heterocycles. The van der Waals surface area contributed by atoms with Crippen molar-refractivity contribution in [2.45, 2.75) is 13.5 Å². The van der Waals surface area contributed by atoms with Crippen LogP contribution in [-0.4, -0.2) is 22.1 Å². The molecule has 1 heterocycles. The second kappa shape index (κ2) is 5.68. The number of nitrogen functional groups attached to an aromatic ring is 1. The molecule has 2 rings (SSSR count). The molecule has 0 fully saturated rings. The van der Waals surface area contributed by atoms with Crippen molar-refractivity contribution in [1.82, 2.24) is 9.55 Å². The van der Waals surface area contributed by atoms with Gasteiger partial charge in [0.15, 0.2) is 5.69 Å². The number of hydrogen-bond donors (Lipinski definition) is 1. The van der Waals surface area contributed by atoms with E-state index in [0.717, 1.165) is 18.2 Å². The minimum atomic E-state index is -0.650. The van der Waals surface area contributed by atoms with Gasteiger partial charge in [0, 0.05) is 5.56 Å². The van der Waals surface area contributed by atoms with Gasteiger partial charge < -0.3 is 15.0 Å². The van der Waals surface area contributed by atoms with Crippen molar-refractivity contribution in [2.75, 3.05) is 12.3 Å². The van der Waals surface area contributed by atoms with E-state index in [2.05, 4.69) is 4.98 Å². The molecule has 0 bridgehead atoms. The van der Waals surface area contributed by atoms with Gasteiger partial charge in [-0.2, -0.15) is 0 Å². The Bertz CT molecular complexity index is 641. The van der Waals surface area contributed by atoms with Gasteiger partial charge >= 0.3 is 5.97 Å². The van der Waals surface area contributed by atoms with Crippen LogP contribution in [0.1, 0.15) is 23.0 Å². The number of ether oxygens (including phenoxy) is 1. The fraction of sp³-hybridized carbons (Fsp3) is 0.231. The van der Waals surface area contributed by atoms with Crippen LogP contribution in [0, 0.1) is 11.6 Å². The van der Waals surface area contributed by atoms with E-state index >= 15 is 0 Å². The summed E-state index contributed by atoms with van der Waals surface area (Å²) in [4.78, 5) is 15.4. The lowest BCUT2D eigenvalue weighted by molar-refractivity contribution is 0.0521. The molecule has 0 atom stereocenters. The number of carbonyl (C=O) groups excluding carboxylic acids is 1. The van der Waals surface area contributed by atoms with Crippen LogP contribution in [0.5, 0.6) is 0 Å². The van der Waals surface area contributed by atoms with Crippen molar-refractivity contribution < 1.29 is 18.3 Å². The quantitative estimate of drug-likeness (QED) is 0.870. The highest BCUT2D eigenvalue weighted by molar-refractivity contribution is 5.92. The van der Waals surface area contributed by atoms with Gasteiger partial charge in [0.05, 0.1) is 19.5 Å². The van der Waals surface area contributed by atoms with Crippen molar-refractivity contribution in [3.05, 3.63) is 47.4 Å². The summed E-state index contributed by atoms with van der Waals surface area (Å²) in [6.07, 6.45) is 1.28. The minimum Gasteiger partial charge on any atom is -0.461 e. The molecular formula is C13H13F2N3O2. The van der Waals surface area contributed by atoms with Crippen LogP contribution < -0.4 is 5.73 Å². The van der Waals surface area contributed by atoms with Crippen molar-refractivity contribution in [3.8, 4) is 0 Å². The van der Waals surface area contributed by atoms with Gasteiger partial charge in [0.2, 0.25) is 0 Å². The number of rotatable bonds is 4. The highest BCUT2D eigenvalue weighted by Gasteiger charge is 2.17. The number of nitrogens with zero attached hydrogens (tertiary/aromatic N) is 2. The van der Waals surface area contributed by atoms with E-state index in [4.69, 9.17) is 10.5 Å². The summed E-state index contributed by atoms with van der Waals surface area (Å²) in [7, 11) is 0. The Morgan fingerprint density at radius 3 is 2.90 bits per heavy atom. The summed E-state index contributed by atoms with van der Waals surface area (Å²) >= 11 is 0. The molecule has 20 heavy (non-hydrogen) atoms. The predicted octanol–water partition coefficient (Wildman–Crippen LogP) is 1.97. The lowest BCUT2D eigenvalue weighted by Crippen LogP contribution is -2.11. The third-order valence-electron chi connectivity index (χ3n) is 2.70. The summed E-state index contributed by atoms with van der Waals surface area (Å²) in [5.41, 5.74) is 5.83. The Morgan fingerprint density at radius 2 is 2.20 bits per heavy atom. The third kappa shape index (κ3) is 2.76. The Hall–Kier alpha value is -2.44. The van der Waals surface area contributed by atoms with Gasteiger partial charge in [-0.25, -0.2) is 18.6 Å². The van der Waals surface area contributed by atoms with Crippen LogP contribution in [-0.2, 0) is 11.3 Å². The van der Waals surface area contributed by atoms with Gasteiger partial charge in [0.25, 0.3) is 0 Å². The van der Waals surface area contributed by atoms with Crippen LogP contribution in [0.15, 0.2) is 24.5 Å². The van der Waals surface area contributed by atoms with E-state index in [1.165, 1.54) is 10.9 Å². The molecule has 0 aliphatic heterocycles. The van der Waals surface area contributed by atoms with Crippen LogP contribution >= 0.6 is 0 Å². The minimum absolute atomic E-state index is 0.0260. The van der Waals surface area contributed by atoms with Gasteiger partial charge in [-0.05, 0) is 25.1 Å². The monoisotopic (exact) mass is 281 g/mol. The maximum atomic E-state index is 13.5. The van der Waals surface area contributed by atoms with Crippen molar-refractivity contribution in [3.63, 3.8) is 0 Å². The molecule has 2 N–H and O–H groups in total. The number of imidazole rings is 1. The number of aromatic nitrogens is 2. The Morgan fingerprint density at radius 1 is 1.45 bits per heavy atom. The number of hydrogen-bond acceptors (Lipinski definition) is 4. The lowest BCUT2D eigenvalue weighted by Gasteiger charge is -2.07. The van der Waals surface area contributed by atoms with Crippen LogP contribution in [0.2, 0.25) is 0 Å². The number of benzene rings is 1. The van der Waals surface area contributed by atoms with Crippen molar-refractivity contribution in [2.24, 2.45) is 0 Å². The van der Waals surface area contributed by atoms with Gasteiger partial charge in [-0.3, -0.25) is 0 Å². The highest BCUT2D eigenvalue weighted by atomic mass is 19.1. The molecule has 0 saturated carbocycles. The maximum absolute atomic E-state index is 13.5. The summed E-state index contributed by atoms with van der Waals surface area (Å²) in [5.74, 6) is -1.71. The number of esters is 1.